The molecule has 1 saturated heterocycles. The van der Waals surface area contributed by atoms with Gasteiger partial charge in [-0.25, -0.2) is 14.2 Å². The Hall–Kier alpha value is -3.74. The lowest BCUT2D eigenvalue weighted by Crippen LogP contribution is -2.34. The molecule has 5 rings (SSSR count). The van der Waals surface area contributed by atoms with Crippen molar-refractivity contribution in [2.24, 2.45) is 7.05 Å². The van der Waals surface area contributed by atoms with Crippen molar-refractivity contribution in [2.75, 3.05) is 27.2 Å². The van der Waals surface area contributed by atoms with Crippen LogP contribution >= 0.6 is 11.6 Å². The van der Waals surface area contributed by atoms with Crippen LogP contribution in [0, 0.1) is 12.4 Å². The first kappa shape index (κ1) is 23.0. The highest BCUT2D eigenvalue weighted by Gasteiger charge is 2.32. The fourth-order valence-electron chi connectivity index (χ4n) is 4.48. The summed E-state index contributed by atoms with van der Waals surface area (Å²) in [7, 11) is 5.83. The molecule has 10 heteroatoms. The predicted molar refractivity (Wildman–Crippen MR) is 132 cm³/mol. The maximum Gasteiger partial charge on any atom is 0.275 e. The zero-order valence-corrected chi connectivity index (χ0v) is 20.3. The molecule has 0 spiro atoms. The van der Waals surface area contributed by atoms with Crippen LogP contribution in [0.3, 0.4) is 0 Å². The molecule has 0 radical (unpaired) electrons. The van der Waals surface area contributed by atoms with E-state index in [2.05, 4.69) is 19.8 Å². The van der Waals surface area contributed by atoms with Gasteiger partial charge in [0.15, 0.2) is 5.69 Å². The molecule has 2 aromatic carbocycles. The average molecular weight is 492 g/mol. The van der Waals surface area contributed by atoms with E-state index in [1.807, 2.05) is 45.5 Å². The molecule has 35 heavy (non-hydrogen) atoms. The number of carbonyl (C=O) groups excluding carboxylic acids is 1. The lowest BCUT2D eigenvalue weighted by Gasteiger charge is -2.20. The number of carbonyl (C=O) groups is 1. The fraction of sp³-hybridized carbons (Fsp3) is 0.280. The maximum absolute atomic E-state index is 14.5. The minimum absolute atomic E-state index is 0.0853. The Labute approximate surface area is 207 Å². The van der Waals surface area contributed by atoms with E-state index in [1.165, 1.54) is 12.1 Å². The SMILES string of the molecule is [C-]#[N+]c1ccc(-c2nc(C(=O)N3CC[C@H](N(C)C)C3)c(Cl)n2-c2ccc3nn(C)cc3c2)cc1F. The standard InChI is InChI=1S/C25H23ClFN7O/c1-28-21-7-5-15(12-19(21)27)24-29-22(25(35)33-10-9-18(14-33)31(2)3)23(26)34(24)17-6-8-20-16(11-17)13-32(4)30-20/h5-8,11-13,18H,9-10,14H2,2-4H3/t18-/m0/s1. The highest BCUT2D eigenvalue weighted by Crippen LogP contribution is 2.34. The van der Waals surface area contributed by atoms with Crippen LogP contribution in [-0.4, -0.2) is 68.3 Å². The van der Waals surface area contributed by atoms with Gasteiger partial charge >= 0.3 is 0 Å². The third-order valence-electron chi connectivity index (χ3n) is 6.39. The smallest absolute Gasteiger partial charge is 0.275 e. The molecule has 1 atom stereocenters. The van der Waals surface area contributed by atoms with Gasteiger partial charge in [-0.05, 0) is 44.8 Å². The number of hydrogen-bond donors (Lipinski definition) is 0. The number of likely N-dealkylation sites (tertiary alicyclic amines) is 1. The maximum atomic E-state index is 14.5. The number of amides is 1. The summed E-state index contributed by atoms with van der Waals surface area (Å²) < 4.78 is 17.9. The summed E-state index contributed by atoms with van der Waals surface area (Å²) in [6.07, 6.45) is 2.75. The van der Waals surface area contributed by atoms with E-state index in [0.29, 0.717) is 30.2 Å². The molecule has 0 saturated carbocycles. The fourth-order valence-corrected chi connectivity index (χ4v) is 4.78. The summed E-state index contributed by atoms with van der Waals surface area (Å²) >= 11 is 6.82. The Bertz CT molecular complexity index is 1500. The van der Waals surface area contributed by atoms with Gasteiger partial charge in [-0.2, -0.15) is 5.10 Å². The van der Waals surface area contributed by atoms with Crippen LogP contribution in [-0.2, 0) is 7.05 Å². The molecule has 0 aliphatic carbocycles. The second kappa shape index (κ2) is 8.80. The molecule has 1 aliphatic rings. The molecular weight excluding hydrogens is 469 g/mol. The van der Waals surface area contributed by atoms with Gasteiger partial charge in [-0.3, -0.25) is 14.0 Å². The molecule has 1 aliphatic heterocycles. The van der Waals surface area contributed by atoms with Crippen molar-refractivity contribution in [1.82, 2.24) is 29.1 Å². The van der Waals surface area contributed by atoms with Crippen LogP contribution in [0.25, 0.3) is 32.8 Å². The molecule has 0 N–H and O–H groups in total. The molecule has 178 valence electrons. The molecular formula is C25H23ClFN7O. The van der Waals surface area contributed by atoms with Crippen LogP contribution in [0.2, 0.25) is 5.15 Å². The number of aromatic nitrogens is 4. The zero-order chi connectivity index (χ0) is 24.9. The van der Waals surface area contributed by atoms with Crippen molar-refractivity contribution in [3.05, 3.63) is 70.7 Å². The van der Waals surface area contributed by atoms with Crippen molar-refractivity contribution in [2.45, 2.75) is 12.5 Å². The number of hydrogen-bond acceptors (Lipinski definition) is 4. The average Bonchev–Trinajstić information content (AvgIpc) is 3.54. The molecule has 4 aromatic rings. The summed E-state index contributed by atoms with van der Waals surface area (Å²) in [6.45, 7) is 8.32. The van der Waals surface area contributed by atoms with E-state index in [0.717, 1.165) is 17.3 Å². The zero-order valence-electron chi connectivity index (χ0n) is 19.5. The Morgan fingerprint density at radius 3 is 2.74 bits per heavy atom. The monoisotopic (exact) mass is 491 g/mol. The molecule has 1 fully saturated rings. The number of likely N-dealkylation sites (N-methyl/N-ethyl adjacent to an activating group) is 1. The minimum atomic E-state index is -0.660. The molecule has 1 amide bonds. The van der Waals surface area contributed by atoms with Gasteiger partial charge in [0, 0.05) is 49.0 Å². The van der Waals surface area contributed by atoms with Crippen molar-refractivity contribution in [3.8, 4) is 17.1 Å². The minimum Gasteiger partial charge on any atom is -0.336 e. The Morgan fingerprint density at radius 2 is 2.06 bits per heavy atom. The summed E-state index contributed by atoms with van der Waals surface area (Å²) in [4.78, 5) is 25.1. The Kier molecular flexibility index (Phi) is 5.79. The highest BCUT2D eigenvalue weighted by molar-refractivity contribution is 6.33. The van der Waals surface area contributed by atoms with Crippen LogP contribution in [0.4, 0.5) is 10.1 Å². The molecule has 0 unspecified atom stereocenters. The normalized spacial score (nSPS) is 15.8. The lowest BCUT2D eigenvalue weighted by molar-refractivity contribution is 0.0778. The largest absolute Gasteiger partial charge is 0.336 e. The summed E-state index contributed by atoms with van der Waals surface area (Å²) in [6, 6.07) is 10.1. The molecule has 0 bridgehead atoms. The van der Waals surface area contributed by atoms with Crippen LogP contribution in [0.5, 0.6) is 0 Å². The number of imidazole rings is 1. The van der Waals surface area contributed by atoms with Crippen molar-refractivity contribution in [1.29, 1.82) is 0 Å². The first-order valence-electron chi connectivity index (χ1n) is 11.1. The number of benzene rings is 2. The molecule has 3 heterocycles. The van der Waals surface area contributed by atoms with E-state index in [4.69, 9.17) is 18.2 Å². The number of nitrogens with zero attached hydrogens (tertiary/aromatic N) is 7. The summed E-state index contributed by atoms with van der Waals surface area (Å²) in [5.74, 6) is -0.604. The van der Waals surface area contributed by atoms with Gasteiger partial charge in [0.25, 0.3) is 5.91 Å². The lowest BCUT2D eigenvalue weighted by atomic mass is 10.1. The highest BCUT2D eigenvalue weighted by atomic mass is 35.5. The first-order valence-corrected chi connectivity index (χ1v) is 11.5. The van der Waals surface area contributed by atoms with Gasteiger partial charge in [0.2, 0.25) is 5.69 Å². The third-order valence-corrected chi connectivity index (χ3v) is 6.74. The van der Waals surface area contributed by atoms with E-state index >= 15 is 0 Å². The third kappa shape index (κ3) is 4.05. The molecule has 8 nitrogen and oxygen atoms in total. The topological polar surface area (TPSA) is 63.6 Å². The van der Waals surface area contributed by atoms with Gasteiger partial charge < -0.3 is 9.80 Å². The number of halogens is 2. The second-order valence-corrected chi connectivity index (χ2v) is 9.25. The number of fused-ring (bicyclic) bond motifs is 1. The van der Waals surface area contributed by atoms with Crippen LogP contribution in [0.1, 0.15) is 16.9 Å². The Balaban J connectivity index is 1.65. The van der Waals surface area contributed by atoms with E-state index in [1.54, 1.807) is 20.2 Å². The second-order valence-electron chi connectivity index (χ2n) is 8.89. The van der Waals surface area contributed by atoms with E-state index in [-0.39, 0.29) is 28.5 Å². The van der Waals surface area contributed by atoms with Gasteiger partial charge in [0.05, 0.1) is 12.1 Å². The van der Waals surface area contributed by atoms with Crippen LogP contribution in [0.15, 0.2) is 42.6 Å². The Morgan fingerprint density at radius 1 is 1.26 bits per heavy atom. The van der Waals surface area contributed by atoms with Gasteiger partial charge in [0.1, 0.15) is 16.8 Å². The summed E-state index contributed by atoms with van der Waals surface area (Å²) in [5, 5.41) is 5.44. The van der Waals surface area contributed by atoms with Crippen LogP contribution < -0.4 is 0 Å². The number of rotatable bonds is 4. The number of aryl methyl sites for hydroxylation is 1. The molecule has 2 aromatic heterocycles. The van der Waals surface area contributed by atoms with E-state index < -0.39 is 5.82 Å². The predicted octanol–water partition coefficient (Wildman–Crippen LogP) is 4.55. The van der Waals surface area contributed by atoms with Crippen molar-refractivity contribution < 1.29 is 9.18 Å². The summed E-state index contributed by atoms with van der Waals surface area (Å²) in [5.41, 5.74) is 1.92. The van der Waals surface area contributed by atoms with Crippen molar-refractivity contribution >= 4 is 34.1 Å². The quantitative estimate of drug-likeness (QED) is 0.393. The van der Waals surface area contributed by atoms with Gasteiger partial charge in [-0.15, -0.1) is 0 Å². The first-order chi connectivity index (χ1) is 16.8. The van der Waals surface area contributed by atoms with Gasteiger partial charge in [-0.1, -0.05) is 23.7 Å². The van der Waals surface area contributed by atoms with Crippen molar-refractivity contribution in [3.63, 3.8) is 0 Å². The van der Waals surface area contributed by atoms with E-state index in [9.17, 15) is 9.18 Å².